The zero-order valence-electron chi connectivity index (χ0n) is 12.3. The van der Waals surface area contributed by atoms with Crippen molar-refractivity contribution < 1.29 is 10.2 Å². The lowest BCUT2D eigenvalue weighted by Crippen LogP contribution is -2.22. The smallest absolute Gasteiger partial charge is 0.171 e. The SMILES string of the molecule is N#C/C(=C\c1cccc(Br)c1)C(=S)NCc1cc(O)c(O)c(Br)c1. The Kier molecular flexibility index (Phi) is 6.37. The fraction of sp³-hybridized carbons (Fsp3) is 0.0588. The van der Waals surface area contributed by atoms with E-state index in [0.29, 0.717) is 27.1 Å². The van der Waals surface area contributed by atoms with E-state index in [1.807, 2.05) is 24.3 Å². The van der Waals surface area contributed by atoms with E-state index in [1.54, 1.807) is 12.1 Å². The number of hydrogen-bond acceptors (Lipinski definition) is 4. The van der Waals surface area contributed by atoms with E-state index in [9.17, 15) is 15.5 Å². The van der Waals surface area contributed by atoms with Crippen molar-refractivity contribution in [3.8, 4) is 17.6 Å². The van der Waals surface area contributed by atoms with Crippen LogP contribution in [0, 0.1) is 11.3 Å². The Balaban J connectivity index is 2.12. The van der Waals surface area contributed by atoms with E-state index >= 15 is 0 Å². The first-order valence-electron chi connectivity index (χ1n) is 6.76. The van der Waals surface area contributed by atoms with Crippen molar-refractivity contribution in [3.05, 3.63) is 62.0 Å². The van der Waals surface area contributed by atoms with Gasteiger partial charge in [0.2, 0.25) is 0 Å². The van der Waals surface area contributed by atoms with Crippen LogP contribution in [0.25, 0.3) is 6.08 Å². The van der Waals surface area contributed by atoms with Crippen molar-refractivity contribution in [1.82, 2.24) is 5.32 Å². The fourth-order valence-corrected chi connectivity index (χ4v) is 3.02. The monoisotopic (exact) mass is 466 g/mol. The van der Waals surface area contributed by atoms with Gasteiger partial charge in [-0.25, -0.2) is 0 Å². The first-order valence-corrected chi connectivity index (χ1v) is 8.76. The maximum absolute atomic E-state index is 9.61. The third-order valence-electron chi connectivity index (χ3n) is 3.08. The molecule has 7 heteroatoms. The molecule has 0 unspecified atom stereocenters. The van der Waals surface area contributed by atoms with Gasteiger partial charge >= 0.3 is 0 Å². The van der Waals surface area contributed by atoms with Gasteiger partial charge in [-0.3, -0.25) is 0 Å². The molecule has 0 aliphatic carbocycles. The Morgan fingerprint density at radius 2 is 2.00 bits per heavy atom. The van der Waals surface area contributed by atoms with Crippen molar-refractivity contribution in [1.29, 1.82) is 5.26 Å². The summed E-state index contributed by atoms with van der Waals surface area (Å²) in [6.07, 6.45) is 1.70. The van der Waals surface area contributed by atoms with Crippen LogP contribution in [0.4, 0.5) is 0 Å². The van der Waals surface area contributed by atoms with E-state index < -0.39 is 0 Å². The highest BCUT2D eigenvalue weighted by molar-refractivity contribution is 9.10. The summed E-state index contributed by atoms with van der Waals surface area (Å²) >= 11 is 11.8. The van der Waals surface area contributed by atoms with Crippen molar-refractivity contribution in [2.75, 3.05) is 0 Å². The van der Waals surface area contributed by atoms with Gasteiger partial charge < -0.3 is 15.5 Å². The Bertz CT molecular complexity index is 837. The molecule has 0 radical (unpaired) electrons. The number of thiocarbonyl (C=S) groups is 1. The van der Waals surface area contributed by atoms with Gasteiger partial charge in [0, 0.05) is 11.0 Å². The molecule has 24 heavy (non-hydrogen) atoms. The third-order valence-corrected chi connectivity index (χ3v) is 4.54. The van der Waals surface area contributed by atoms with Gasteiger partial charge in [0.15, 0.2) is 11.5 Å². The Morgan fingerprint density at radius 1 is 1.25 bits per heavy atom. The minimum absolute atomic E-state index is 0.214. The standard InChI is InChI=1S/C17H12Br2N2O2S/c18-13-3-1-2-10(5-13)4-12(8-20)17(24)21-9-11-6-14(19)16(23)15(22)7-11/h1-7,22-23H,9H2,(H,21,24)/b12-4+. The number of benzene rings is 2. The number of halogens is 2. The molecule has 0 bridgehead atoms. The van der Waals surface area contributed by atoms with Gasteiger partial charge in [-0.15, -0.1) is 0 Å². The van der Waals surface area contributed by atoms with Gasteiger partial charge in [-0.1, -0.05) is 40.3 Å². The van der Waals surface area contributed by atoms with Crippen LogP contribution < -0.4 is 5.32 Å². The highest BCUT2D eigenvalue weighted by Gasteiger charge is 2.09. The summed E-state index contributed by atoms with van der Waals surface area (Å²) in [6.45, 7) is 0.308. The highest BCUT2D eigenvalue weighted by atomic mass is 79.9. The number of phenols is 2. The summed E-state index contributed by atoms with van der Waals surface area (Å²) in [4.78, 5) is 0.307. The van der Waals surface area contributed by atoms with Crippen molar-refractivity contribution in [3.63, 3.8) is 0 Å². The quantitative estimate of drug-likeness (QED) is 0.264. The molecule has 0 aliphatic heterocycles. The number of nitrogens with one attached hydrogen (secondary N) is 1. The third kappa shape index (κ3) is 4.81. The fourth-order valence-electron chi connectivity index (χ4n) is 1.93. The van der Waals surface area contributed by atoms with Crippen molar-refractivity contribution in [2.45, 2.75) is 6.54 Å². The summed E-state index contributed by atoms with van der Waals surface area (Å²) in [5.41, 5.74) is 1.90. The second-order valence-electron chi connectivity index (χ2n) is 4.85. The average Bonchev–Trinajstić information content (AvgIpc) is 2.55. The van der Waals surface area contributed by atoms with Crippen LogP contribution in [0.3, 0.4) is 0 Å². The Labute approximate surface area is 161 Å². The van der Waals surface area contributed by atoms with Crippen LogP contribution in [0.15, 0.2) is 50.9 Å². The number of nitrogens with zero attached hydrogens (tertiary/aromatic N) is 1. The Morgan fingerprint density at radius 3 is 2.62 bits per heavy atom. The van der Waals surface area contributed by atoms with Crippen LogP contribution >= 0.6 is 44.1 Å². The first kappa shape index (κ1) is 18.5. The molecule has 0 atom stereocenters. The molecule has 0 heterocycles. The zero-order chi connectivity index (χ0) is 17.7. The number of nitriles is 1. The number of hydrogen-bond donors (Lipinski definition) is 3. The van der Waals surface area contributed by atoms with Crippen LogP contribution in [0.2, 0.25) is 0 Å². The molecule has 2 rings (SSSR count). The molecule has 122 valence electrons. The predicted molar refractivity (Wildman–Crippen MR) is 105 cm³/mol. The summed E-state index contributed by atoms with van der Waals surface area (Å²) in [7, 11) is 0. The van der Waals surface area contributed by atoms with E-state index in [0.717, 1.165) is 10.0 Å². The van der Waals surface area contributed by atoms with Crippen LogP contribution in [0.1, 0.15) is 11.1 Å². The van der Waals surface area contributed by atoms with Gasteiger partial charge in [0.1, 0.15) is 11.1 Å². The molecule has 3 N–H and O–H groups in total. The van der Waals surface area contributed by atoms with Gasteiger partial charge in [0.25, 0.3) is 0 Å². The molecule has 0 amide bonds. The summed E-state index contributed by atoms with van der Waals surface area (Å²) in [5, 5.41) is 31.4. The minimum Gasteiger partial charge on any atom is -0.504 e. The normalized spacial score (nSPS) is 11.0. The van der Waals surface area contributed by atoms with E-state index in [-0.39, 0.29) is 11.5 Å². The summed E-state index contributed by atoms with van der Waals surface area (Å²) < 4.78 is 1.30. The second kappa shape index (κ2) is 8.29. The molecule has 0 aromatic heterocycles. The summed E-state index contributed by atoms with van der Waals surface area (Å²) in [5.74, 6) is -0.439. The van der Waals surface area contributed by atoms with E-state index in [1.165, 1.54) is 6.07 Å². The molecular weight excluding hydrogens is 456 g/mol. The lowest BCUT2D eigenvalue weighted by atomic mass is 10.1. The maximum atomic E-state index is 9.61. The van der Waals surface area contributed by atoms with Crippen LogP contribution in [0.5, 0.6) is 11.5 Å². The number of aromatic hydroxyl groups is 2. The van der Waals surface area contributed by atoms with Crippen LogP contribution in [-0.2, 0) is 6.54 Å². The summed E-state index contributed by atoms with van der Waals surface area (Å²) in [6, 6.07) is 12.7. The van der Waals surface area contributed by atoms with Crippen LogP contribution in [-0.4, -0.2) is 15.2 Å². The minimum atomic E-state index is -0.225. The molecule has 2 aromatic carbocycles. The molecule has 0 saturated heterocycles. The van der Waals surface area contributed by atoms with E-state index in [4.69, 9.17) is 12.2 Å². The average molecular weight is 468 g/mol. The van der Waals surface area contributed by atoms with Crippen molar-refractivity contribution in [2.24, 2.45) is 0 Å². The van der Waals surface area contributed by atoms with Gasteiger partial charge in [-0.05, 0) is 57.4 Å². The molecule has 0 fully saturated rings. The number of phenolic OH excluding ortho intramolecular Hbond substituents is 2. The van der Waals surface area contributed by atoms with E-state index in [2.05, 4.69) is 43.2 Å². The van der Waals surface area contributed by atoms with Gasteiger partial charge in [0.05, 0.1) is 10.0 Å². The molecule has 0 aliphatic rings. The number of rotatable bonds is 4. The van der Waals surface area contributed by atoms with Gasteiger partial charge in [-0.2, -0.15) is 5.26 Å². The molecule has 0 saturated carbocycles. The Hall–Kier alpha value is -1.88. The first-order chi connectivity index (χ1) is 11.4. The van der Waals surface area contributed by atoms with Crippen molar-refractivity contribution >= 4 is 55.1 Å². The lowest BCUT2D eigenvalue weighted by Gasteiger charge is -2.09. The predicted octanol–water partition coefficient (Wildman–Crippen LogP) is 4.65. The highest BCUT2D eigenvalue weighted by Crippen LogP contribution is 2.34. The lowest BCUT2D eigenvalue weighted by molar-refractivity contribution is 0.401. The maximum Gasteiger partial charge on any atom is 0.171 e. The molecule has 2 aromatic rings. The molecule has 0 spiro atoms. The zero-order valence-corrected chi connectivity index (χ0v) is 16.2. The molecular formula is C17H12Br2N2O2S. The largest absolute Gasteiger partial charge is 0.504 e. The second-order valence-corrected chi connectivity index (χ2v) is 7.03. The molecule has 4 nitrogen and oxygen atoms in total. The topological polar surface area (TPSA) is 76.3 Å².